The van der Waals surface area contributed by atoms with Crippen LogP contribution in [0.2, 0.25) is 0 Å². The third-order valence-corrected chi connectivity index (χ3v) is 3.21. The van der Waals surface area contributed by atoms with Crippen molar-refractivity contribution in [3.05, 3.63) is 28.8 Å². The summed E-state index contributed by atoms with van der Waals surface area (Å²) < 4.78 is 90.2. The average molecular weight is 396 g/mol. The SMILES string of the molecule is CCOC(=O)C1=Cc2cc(OC(F)(F)F)cc(C=C=O)c2OC1C(F)(F)F. The van der Waals surface area contributed by atoms with Crippen LogP contribution in [-0.4, -0.2) is 37.2 Å². The van der Waals surface area contributed by atoms with Crippen LogP contribution in [0, 0.1) is 0 Å². The first kappa shape index (κ1) is 20.4. The molecule has 1 heterocycles. The molecular formula is C16H10F6O5. The second-order valence-electron chi connectivity index (χ2n) is 5.10. The Bertz CT molecular complexity index is 818. The lowest BCUT2D eigenvalue weighted by Gasteiger charge is -2.29. The Morgan fingerprint density at radius 2 is 1.93 bits per heavy atom. The minimum Gasteiger partial charge on any atom is -0.475 e. The number of alkyl halides is 6. The molecule has 5 nitrogen and oxygen atoms in total. The van der Waals surface area contributed by atoms with Crippen LogP contribution in [0.25, 0.3) is 12.2 Å². The summed E-state index contributed by atoms with van der Waals surface area (Å²) in [4.78, 5) is 22.4. The van der Waals surface area contributed by atoms with Crippen LogP contribution < -0.4 is 9.47 Å². The zero-order valence-electron chi connectivity index (χ0n) is 13.4. The number of esters is 1. The van der Waals surface area contributed by atoms with Gasteiger partial charge in [-0.2, -0.15) is 13.2 Å². The highest BCUT2D eigenvalue weighted by Crippen LogP contribution is 2.42. The van der Waals surface area contributed by atoms with E-state index in [1.165, 1.54) is 12.9 Å². The largest absolute Gasteiger partial charge is 0.573 e. The molecule has 0 fully saturated rings. The molecular weight excluding hydrogens is 386 g/mol. The molecule has 1 atom stereocenters. The summed E-state index contributed by atoms with van der Waals surface area (Å²) in [5.41, 5.74) is -1.72. The number of ether oxygens (including phenoxy) is 3. The molecule has 1 aliphatic heterocycles. The van der Waals surface area contributed by atoms with Gasteiger partial charge in [0.25, 0.3) is 0 Å². The summed E-state index contributed by atoms with van der Waals surface area (Å²) in [6.07, 6.45) is -11.6. The monoisotopic (exact) mass is 396 g/mol. The van der Waals surface area contributed by atoms with E-state index in [4.69, 9.17) is 4.74 Å². The smallest absolute Gasteiger partial charge is 0.475 e. The van der Waals surface area contributed by atoms with Crippen LogP contribution >= 0.6 is 0 Å². The van der Waals surface area contributed by atoms with E-state index in [1.807, 2.05) is 0 Å². The maximum Gasteiger partial charge on any atom is 0.573 e. The van der Waals surface area contributed by atoms with Crippen molar-refractivity contribution in [1.82, 2.24) is 0 Å². The van der Waals surface area contributed by atoms with E-state index in [9.17, 15) is 35.9 Å². The van der Waals surface area contributed by atoms with Crippen molar-refractivity contribution in [2.24, 2.45) is 0 Å². The summed E-state index contributed by atoms with van der Waals surface area (Å²) in [6.45, 7) is 1.13. The van der Waals surface area contributed by atoms with Crippen molar-refractivity contribution in [3.63, 3.8) is 0 Å². The molecule has 0 amide bonds. The molecule has 2 rings (SSSR count). The maximum absolute atomic E-state index is 13.3. The standard InChI is InChI=1S/C16H10F6O5/c1-2-25-14(24)11-7-9-6-10(27-16(20,21)22)5-8(3-4-23)12(9)26-13(11)15(17,18)19/h3,5-7,13H,2H2,1H3. The molecule has 27 heavy (non-hydrogen) atoms. The first-order valence-corrected chi connectivity index (χ1v) is 7.23. The van der Waals surface area contributed by atoms with Crippen molar-refractivity contribution in [1.29, 1.82) is 0 Å². The van der Waals surface area contributed by atoms with E-state index in [-0.39, 0.29) is 12.2 Å². The summed E-state index contributed by atoms with van der Waals surface area (Å²) in [5, 5.41) is 0. The first-order valence-electron chi connectivity index (χ1n) is 7.23. The second kappa shape index (κ2) is 7.36. The molecule has 0 aliphatic carbocycles. The van der Waals surface area contributed by atoms with E-state index in [2.05, 4.69) is 9.47 Å². The highest BCUT2D eigenvalue weighted by Gasteiger charge is 2.49. The zero-order valence-corrected chi connectivity index (χ0v) is 13.4. The molecule has 146 valence electrons. The van der Waals surface area contributed by atoms with Crippen LogP contribution in [0.5, 0.6) is 11.5 Å². The molecule has 0 spiro atoms. The number of fused-ring (bicyclic) bond motifs is 1. The number of rotatable bonds is 4. The fraction of sp³-hybridized carbons (Fsp3) is 0.312. The molecule has 0 saturated heterocycles. The Morgan fingerprint density at radius 1 is 1.26 bits per heavy atom. The zero-order chi connectivity index (χ0) is 20.4. The lowest BCUT2D eigenvalue weighted by molar-refractivity contribution is -0.274. The molecule has 0 aromatic heterocycles. The van der Waals surface area contributed by atoms with Gasteiger partial charge in [-0.05, 0) is 25.1 Å². The second-order valence-corrected chi connectivity index (χ2v) is 5.10. The Morgan fingerprint density at radius 3 is 2.44 bits per heavy atom. The molecule has 1 aromatic rings. The van der Waals surface area contributed by atoms with E-state index in [0.717, 1.165) is 6.07 Å². The average Bonchev–Trinajstić information content (AvgIpc) is 2.51. The maximum atomic E-state index is 13.3. The fourth-order valence-corrected chi connectivity index (χ4v) is 2.30. The van der Waals surface area contributed by atoms with E-state index in [1.54, 1.807) is 0 Å². The molecule has 1 unspecified atom stereocenters. The highest BCUT2D eigenvalue weighted by molar-refractivity contribution is 5.97. The van der Waals surface area contributed by atoms with Crippen LogP contribution in [0.15, 0.2) is 17.7 Å². The number of hydrogen-bond donors (Lipinski definition) is 0. The van der Waals surface area contributed by atoms with Crippen LogP contribution in [0.3, 0.4) is 0 Å². The summed E-state index contributed by atoms with van der Waals surface area (Å²) in [6, 6.07) is 1.38. The van der Waals surface area contributed by atoms with Gasteiger partial charge in [-0.3, -0.25) is 0 Å². The first-order chi connectivity index (χ1) is 12.5. The minimum atomic E-state index is -5.09. The Balaban J connectivity index is 2.65. The Kier molecular flexibility index (Phi) is 5.55. The molecule has 11 heteroatoms. The van der Waals surface area contributed by atoms with E-state index in [0.29, 0.717) is 18.2 Å². The Hall–Kier alpha value is -2.94. The number of benzene rings is 1. The topological polar surface area (TPSA) is 61.8 Å². The van der Waals surface area contributed by atoms with Gasteiger partial charge in [-0.1, -0.05) is 0 Å². The molecule has 0 bridgehead atoms. The summed E-state index contributed by atoms with van der Waals surface area (Å²) in [7, 11) is 0. The predicted molar refractivity (Wildman–Crippen MR) is 78.4 cm³/mol. The van der Waals surface area contributed by atoms with Crippen LogP contribution in [0.1, 0.15) is 18.1 Å². The molecule has 0 N–H and O–H groups in total. The van der Waals surface area contributed by atoms with Gasteiger partial charge in [0.05, 0.1) is 12.2 Å². The number of halogens is 6. The van der Waals surface area contributed by atoms with Gasteiger partial charge < -0.3 is 14.2 Å². The predicted octanol–water partition coefficient (Wildman–Crippen LogP) is 3.70. The van der Waals surface area contributed by atoms with Gasteiger partial charge in [0.1, 0.15) is 17.4 Å². The van der Waals surface area contributed by atoms with Gasteiger partial charge >= 0.3 is 18.5 Å². The minimum absolute atomic E-state index is 0.232. The van der Waals surface area contributed by atoms with Crippen molar-refractivity contribution in [2.75, 3.05) is 6.61 Å². The highest BCUT2D eigenvalue weighted by atomic mass is 19.4. The van der Waals surface area contributed by atoms with Crippen LogP contribution in [-0.2, 0) is 14.3 Å². The van der Waals surface area contributed by atoms with Crippen molar-refractivity contribution in [3.8, 4) is 11.5 Å². The summed E-state index contributed by atoms with van der Waals surface area (Å²) >= 11 is 0. The lowest BCUT2D eigenvalue weighted by Crippen LogP contribution is -2.41. The third kappa shape index (κ3) is 4.82. The Labute approximate surface area is 147 Å². The van der Waals surface area contributed by atoms with Gasteiger partial charge in [-0.25, -0.2) is 9.59 Å². The van der Waals surface area contributed by atoms with Gasteiger partial charge in [0, 0.05) is 17.2 Å². The van der Waals surface area contributed by atoms with Gasteiger partial charge in [0.15, 0.2) is 0 Å². The van der Waals surface area contributed by atoms with Crippen molar-refractivity contribution >= 4 is 24.1 Å². The molecule has 1 aromatic carbocycles. The molecule has 0 saturated carbocycles. The number of carbonyl (C=O) groups excluding carboxylic acids is 2. The molecule has 1 aliphatic rings. The molecule has 0 radical (unpaired) electrons. The third-order valence-electron chi connectivity index (χ3n) is 3.21. The quantitative estimate of drug-likeness (QED) is 0.441. The lowest BCUT2D eigenvalue weighted by atomic mass is 9.98. The van der Waals surface area contributed by atoms with Crippen molar-refractivity contribution in [2.45, 2.75) is 25.6 Å². The van der Waals surface area contributed by atoms with E-state index < -0.39 is 47.2 Å². The van der Waals surface area contributed by atoms with E-state index >= 15 is 0 Å². The normalized spacial score (nSPS) is 16.4. The number of carbonyl (C=O) groups is 1. The summed E-state index contributed by atoms with van der Waals surface area (Å²) in [5.74, 6) is -1.48. The van der Waals surface area contributed by atoms with Crippen LogP contribution in [0.4, 0.5) is 26.3 Å². The van der Waals surface area contributed by atoms with Crippen molar-refractivity contribution < 1.29 is 50.1 Å². The number of hydrogen-bond acceptors (Lipinski definition) is 5. The fourth-order valence-electron chi connectivity index (χ4n) is 2.30. The van der Waals surface area contributed by atoms with Gasteiger partial charge in [-0.15, -0.1) is 13.2 Å². The van der Waals surface area contributed by atoms with Gasteiger partial charge in [0.2, 0.25) is 6.10 Å².